The highest BCUT2D eigenvalue weighted by Crippen LogP contribution is 2.40. The molecule has 0 bridgehead atoms. The number of benzene rings is 1. The lowest BCUT2D eigenvalue weighted by Crippen LogP contribution is -3.00. The molecule has 0 aliphatic heterocycles. The predicted octanol–water partition coefficient (Wildman–Crippen LogP) is -1.30. The van der Waals surface area contributed by atoms with Gasteiger partial charge >= 0.3 is 0 Å². The minimum atomic E-state index is -0.488. The Morgan fingerprint density at radius 3 is 2.50 bits per heavy atom. The standard InChI is InChI=1S/C13H9NO3.BrH/c15-11-5-8-7-14-4-2-1-3-9(14)6-10(8)12(16)13(11)17;/h1-7,15-16H;1H. The van der Waals surface area contributed by atoms with E-state index in [9.17, 15) is 15.3 Å². The van der Waals surface area contributed by atoms with Crippen LogP contribution in [0, 0.1) is 0 Å². The fourth-order valence-corrected chi connectivity index (χ4v) is 1.94. The number of phenols is 3. The first kappa shape index (κ1) is 12.4. The van der Waals surface area contributed by atoms with Crippen molar-refractivity contribution in [2.75, 3.05) is 0 Å². The first-order valence-electron chi connectivity index (χ1n) is 5.14. The van der Waals surface area contributed by atoms with E-state index in [0.29, 0.717) is 10.8 Å². The van der Waals surface area contributed by atoms with Crippen molar-refractivity contribution in [3.8, 4) is 17.2 Å². The molecule has 0 aliphatic carbocycles. The van der Waals surface area contributed by atoms with Gasteiger partial charge in [0.1, 0.15) is 0 Å². The second-order valence-corrected chi connectivity index (χ2v) is 3.90. The fraction of sp³-hybridized carbons (Fsp3) is 0. The number of aromatic nitrogens is 1. The number of hydrogen-bond acceptors (Lipinski definition) is 3. The summed E-state index contributed by atoms with van der Waals surface area (Å²) in [4.78, 5) is 0. The summed E-state index contributed by atoms with van der Waals surface area (Å²) in [6, 6.07) is 8.84. The quantitative estimate of drug-likeness (QED) is 0.275. The van der Waals surface area contributed by atoms with Crippen molar-refractivity contribution >= 4 is 16.3 Å². The number of phenolic OH excluding ortho intramolecular Hbond substituents is 3. The molecule has 0 radical (unpaired) electrons. The third-order valence-electron chi connectivity index (χ3n) is 2.82. The van der Waals surface area contributed by atoms with E-state index < -0.39 is 5.75 Å². The number of pyridine rings is 2. The van der Waals surface area contributed by atoms with Crippen molar-refractivity contribution in [3.63, 3.8) is 0 Å². The number of nitrogens with zero attached hydrogens (tertiary/aromatic N) is 1. The van der Waals surface area contributed by atoms with Crippen LogP contribution in [0.15, 0.2) is 42.7 Å². The van der Waals surface area contributed by atoms with Crippen LogP contribution in [0.3, 0.4) is 0 Å². The highest BCUT2D eigenvalue weighted by Gasteiger charge is 2.14. The van der Waals surface area contributed by atoms with Crippen LogP contribution in [-0.4, -0.2) is 15.3 Å². The van der Waals surface area contributed by atoms with E-state index in [1.54, 1.807) is 12.3 Å². The molecule has 0 fully saturated rings. The van der Waals surface area contributed by atoms with Crippen LogP contribution in [-0.2, 0) is 0 Å². The van der Waals surface area contributed by atoms with E-state index >= 15 is 0 Å². The molecule has 2 heterocycles. The molecule has 0 atom stereocenters. The maximum Gasteiger partial charge on any atom is 0.211 e. The summed E-state index contributed by atoms with van der Waals surface area (Å²) in [5.41, 5.74) is 0.889. The summed E-state index contributed by atoms with van der Waals surface area (Å²) in [6.07, 6.45) is 3.65. The maximum absolute atomic E-state index is 9.78. The summed E-state index contributed by atoms with van der Waals surface area (Å²) >= 11 is 0. The average Bonchev–Trinajstić information content (AvgIpc) is 2.34. The number of aromatic hydroxyl groups is 3. The highest BCUT2D eigenvalue weighted by molar-refractivity contribution is 5.93. The predicted molar refractivity (Wildman–Crippen MR) is 62.1 cm³/mol. The molecule has 2 aromatic heterocycles. The topological polar surface area (TPSA) is 64.8 Å². The largest absolute Gasteiger partial charge is 1.00 e. The van der Waals surface area contributed by atoms with Crippen molar-refractivity contribution in [3.05, 3.63) is 42.7 Å². The minimum absolute atomic E-state index is 0. The Morgan fingerprint density at radius 1 is 0.944 bits per heavy atom. The van der Waals surface area contributed by atoms with Crippen molar-refractivity contribution in [1.29, 1.82) is 0 Å². The smallest absolute Gasteiger partial charge is 0.211 e. The van der Waals surface area contributed by atoms with Gasteiger partial charge in [-0.2, -0.15) is 4.40 Å². The zero-order valence-electron chi connectivity index (χ0n) is 9.21. The lowest BCUT2D eigenvalue weighted by Gasteiger charge is -2.04. The first-order chi connectivity index (χ1) is 8.16. The van der Waals surface area contributed by atoms with Gasteiger partial charge in [-0.05, 0) is 12.1 Å². The van der Waals surface area contributed by atoms with Gasteiger partial charge in [-0.3, -0.25) is 0 Å². The molecule has 5 heteroatoms. The first-order valence-corrected chi connectivity index (χ1v) is 5.14. The zero-order chi connectivity index (χ0) is 12.0. The molecule has 3 N–H and O–H groups in total. The van der Waals surface area contributed by atoms with Gasteiger partial charge < -0.3 is 32.3 Å². The Morgan fingerprint density at radius 2 is 1.72 bits per heavy atom. The number of halogens is 1. The van der Waals surface area contributed by atoms with Crippen LogP contribution in [0.1, 0.15) is 0 Å². The molecular weight excluding hydrogens is 298 g/mol. The molecule has 0 saturated heterocycles. The van der Waals surface area contributed by atoms with Crippen molar-refractivity contribution < 1.29 is 36.7 Å². The number of hydrogen-bond donors (Lipinski definition) is 3. The van der Waals surface area contributed by atoms with E-state index in [-0.39, 0.29) is 28.5 Å². The molecule has 0 aliphatic rings. The second kappa shape index (κ2) is 4.34. The van der Waals surface area contributed by atoms with Gasteiger partial charge in [-0.15, -0.1) is 0 Å². The summed E-state index contributed by atoms with van der Waals surface area (Å²) < 4.78 is 1.87. The molecule has 3 rings (SSSR count). The molecule has 0 unspecified atom stereocenters. The molecular formula is C13H10BrNO3. The van der Waals surface area contributed by atoms with E-state index in [1.165, 1.54) is 6.07 Å². The van der Waals surface area contributed by atoms with Crippen LogP contribution >= 0.6 is 0 Å². The summed E-state index contributed by atoms with van der Waals surface area (Å²) in [6.45, 7) is 0. The highest BCUT2D eigenvalue weighted by atomic mass is 79.9. The van der Waals surface area contributed by atoms with E-state index in [2.05, 4.69) is 0 Å². The number of fused-ring (bicyclic) bond motifs is 2. The van der Waals surface area contributed by atoms with Gasteiger partial charge in [0.15, 0.2) is 23.9 Å². The maximum atomic E-state index is 9.78. The summed E-state index contributed by atoms with van der Waals surface area (Å²) in [7, 11) is 0. The lowest BCUT2D eigenvalue weighted by atomic mass is 10.1. The van der Waals surface area contributed by atoms with Crippen molar-refractivity contribution in [1.82, 2.24) is 0 Å². The van der Waals surface area contributed by atoms with Gasteiger partial charge in [0.25, 0.3) is 0 Å². The SMILES string of the molecule is Oc1cc2c[n+]3ccccc3cc2c(O)c1O.[Br-]. The molecule has 0 spiro atoms. The zero-order valence-corrected chi connectivity index (χ0v) is 10.8. The molecule has 0 saturated carbocycles. The monoisotopic (exact) mass is 307 g/mol. The van der Waals surface area contributed by atoms with Crippen LogP contribution in [0.25, 0.3) is 16.3 Å². The van der Waals surface area contributed by atoms with Crippen molar-refractivity contribution in [2.24, 2.45) is 0 Å². The minimum Gasteiger partial charge on any atom is -1.00 e. The van der Waals surface area contributed by atoms with Gasteiger partial charge in [0.05, 0.1) is 5.39 Å². The summed E-state index contributed by atoms with van der Waals surface area (Å²) in [5.74, 6) is -1.12. The van der Waals surface area contributed by atoms with E-state index in [4.69, 9.17) is 0 Å². The molecule has 4 nitrogen and oxygen atoms in total. The number of rotatable bonds is 0. The molecule has 0 amide bonds. The van der Waals surface area contributed by atoms with Crippen molar-refractivity contribution in [2.45, 2.75) is 0 Å². The van der Waals surface area contributed by atoms with E-state index in [0.717, 1.165) is 5.52 Å². The molecule has 1 aromatic carbocycles. The Labute approximate surface area is 113 Å². The Kier molecular flexibility index (Phi) is 3.00. The van der Waals surface area contributed by atoms with Gasteiger partial charge in [-0.25, -0.2) is 0 Å². The fourth-order valence-electron chi connectivity index (χ4n) is 1.94. The van der Waals surface area contributed by atoms with E-state index in [1.807, 2.05) is 28.8 Å². The van der Waals surface area contributed by atoms with Crippen LogP contribution in [0.5, 0.6) is 17.2 Å². The average molecular weight is 308 g/mol. The van der Waals surface area contributed by atoms with Gasteiger partial charge in [0.2, 0.25) is 11.3 Å². The van der Waals surface area contributed by atoms with Gasteiger partial charge in [-0.1, -0.05) is 0 Å². The van der Waals surface area contributed by atoms with Crippen LogP contribution < -0.4 is 21.4 Å². The third kappa shape index (κ3) is 1.73. The summed E-state index contributed by atoms with van der Waals surface area (Å²) in [5, 5.41) is 29.9. The Hall–Kier alpha value is -2.01. The normalized spacial score (nSPS) is 10.4. The third-order valence-corrected chi connectivity index (χ3v) is 2.82. The molecule has 3 aromatic rings. The van der Waals surface area contributed by atoms with Crippen LogP contribution in [0.2, 0.25) is 0 Å². The lowest BCUT2D eigenvalue weighted by molar-refractivity contribution is -0.510. The Balaban J connectivity index is 0.00000120. The molecule has 92 valence electrons. The molecule has 18 heavy (non-hydrogen) atoms. The second-order valence-electron chi connectivity index (χ2n) is 3.90. The van der Waals surface area contributed by atoms with Crippen LogP contribution in [0.4, 0.5) is 0 Å². The van der Waals surface area contributed by atoms with Gasteiger partial charge in [0, 0.05) is 23.6 Å². The Bertz CT molecular complexity index is 743.